The van der Waals surface area contributed by atoms with Crippen molar-refractivity contribution >= 4 is 16.4 Å². The predicted octanol–water partition coefficient (Wildman–Crippen LogP) is 2.06. The lowest BCUT2D eigenvalue weighted by Crippen LogP contribution is -2.43. The molecule has 1 fully saturated rings. The summed E-state index contributed by atoms with van der Waals surface area (Å²) in [6, 6.07) is 0.0110. The summed E-state index contributed by atoms with van der Waals surface area (Å²) in [5.41, 5.74) is -0.398. The Morgan fingerprint density at radius 3 is 2.18 bits per heavy atom. The Morgan fingerprint density at radius 2 is 1.77 bits per heavy atom. The Labute approximate surface area is 134 Å². The molecule has 1 rings (SSSR count). The molecule has 0 bridgehead atoms. The van der Waals surface area contributed by atoms with Gasteiger partial charge in [0.1, 0.15) is 0 Å². The Kier molecular flexibility index (Phi) is 6.83. The second-order valence-electron chi connectivity index (χ2n) is 7.34. The topological polar surface area (TPSA) is 75.7 Å². The standard InChI is InChI=1S/C15H30N2O4S/c1-12(2)22(19,20)16-14-8-6-13(7-9-14)10-17(11-18)21-15(3,4)5/h11-14,16H,6-10H2,1-5H3. The van der Waals surface area contributed by atoms with Gasteiger partial charge in [0.15, 0.2) is 0 Å². The van der Waals surface area contributed by atoms with Crippen LogP contribution in [0.3, 0.4) is 0 Å². The van der Waals surface area contributed by atoms with E-state index in [1.807, 2.05) is 20.8 Å². The normalized spacial score (nSPS) is 23.5. The maximum Gasteiger partial charge on any atom is 0.233 e. The van der Waals surface area contributed by atoms with Crippen molar-refractivity contribution in [2.45, 2.75) is 77.2 Å². The highest BCUT2D eigenvalue weighted by Gasteiger charge is 2.28. The fourth-order valence-electron chi connectivity index (χ4n) is 2.54. The molecule has 0 aromatic carbocycles. The van der Waals surface area contributed by atoms with E-state index in [0.29, 0.717) is 12.5 Å². The molecule has 1 amide bonds. The minimum Gasteiger partial charge on any atom is -0.276 e. The lowest BCUT2D eigenvalue weighted by Gasteiger charge is -2.33. The van der Waals surface area contributed by atoms with Gasteiger partial charge < -0.3 is 0 Å². The fourth-order valence-corrected chi connectivity index (χ4v) is 3.51. The number of hydrogen-bond donors (Lipinski definition) is 1. The maximum atomic E-state index is 11.9. The van der Waals surface area contributed by atoms with Crippen LogP contribution in [0.5, 0.6) is 0 Å². The highest BCUT2D eigenvalue weighted by Crippen LogP contribution is 2.26. The molecular weight excluding hydrogens is 304 g/mol. The molecule has 0 atom stereocenters. The largest absolute Gasteiger partial charge is 0.276 e. The Bertz CT molecular complexity index is 449. The summed E-state index contributed by atoms with van der Waals surface area (Å²) in [4.78, 5) is 16.7. The lowest BCUT2D eigenvalue weighted by atomic mass is 9.86. The van der Waals surface area contributed by atoms with Crippen LogP contribution in [0.25, 0.3) is 0 Å². The number of carbonyl (C=O) groups excluding carboxylic acids is 1. The first-order valence-electron chi connectivity index (χ1n) is 7.95. The van der Waals surface area contributed by atoms with Gasteiger partial charge in [0, 0.05) is 6.04 Å². The summed E-state index contributed by atoms with van der Waals surface area (Å²) in [5, 5.41) is 0.958. The van der Waals surface area contributed by atoms with Gasteiger partial charge in [0.2, 0.25) is 16.4 Å². The van der Waals surface area contributed by atoms with Gasteiger partial charge in [-0.2, -0.15) is 0 Å². The average Bonchev–Trinajstić information content (AvgIpc) is 2.38. The summed E-state index contributed by atoms with van der Waals surface area (Å²) in [5.74, 6) is 0.354. The highest BCUT2D eigenvalue weighted by molar-refractivity contribution is 7.90. The van der Waals surface area contributed by atoms with Crippen LogP contribution in [0.4, 0.5) is 0 Å². The first-order valence-corrected chi connectivity index (χ1v) is 9.50. The number of nitrogens with zero attached hydrogens (tertiary/aromatic N) is 1. The molecule has 0 aromatic rings. The zero-order valence-corrected chi connectivity index (χ0v) is 15.1. The minimum absolute atomic E-state index is 0.0110. The molecule has 0 heterocycles. The fraction of sp³-hybridized carbons (Fsp3) is 0.933. The summed E-state index contributed by atoms with van der Waals surface area (Å²) >= 11 is 0. The maximum absolute atomic E-state index is 11.9. The van der Waals surface area contributed by atoms with Gasteiger partial charge in [-0.3, -0.25) is 9.63 Å². The van der Waals surface area contributed by atoms with E-state index in [2.05, 4.69) is 4.72 Å². The van der Waals surface area contributed by atoms with Crippen LogP contribution in [-0.4, -0.2) is 43.3 Å². The molecule has 1 N–H and O–H groups in total. The van der Waals surface area contributed by atoms with E-state index in [4.69, 9.17) is 4.84 Å². The monoisotopic (exact) mass is 334 g/mol. The molecule has 22 heavy (non-hydrogen) atoms. The smallest absolute Gasteiger partial charge is 0.233 e. The summed E-state index contributed by atoms with van der Waals surface area (Å²) < 4.78 is 26.5. The van der Waals surface area contributed by atoms with Gasteiger partial charge in [-0.15, -0.1) is 0 Å². The van der Waals surface area contributed by atoms with Gasteiger partial charge >= 0.3 is 0 Å². The zero-order chi connectivity index (χ0) is 17.0. The van der Waals surface area contributed by atoms with Gasteiger partial charge in [-0.05, 0) is 66.2 Å². The van der Waals surface area contributed by atoms with E-state index in [1.165, 1.54) is 5.06 Å². The minimum atomic E-state index is -3.21. The quantitative estimate of drug-likeness (QED) is 0.571. The number of rotatable bonds is 7. The highest BCUT2D eigenvalue weighted by atomic mass is 32.2. The molecule has 0 aromatic heterocycles. The molecule has 0 spiro atoms. The summed E-state index contributed by atoms with van der Waals surface area (Å²) in [6.07, 6.45) is 4.11. The average molecular weight is 334 g/mol. The molecule has 0 saturated heterocycles. The number of nitrogens with one attached hydrogen (secondary N) is 1. The number of amides is 1. The second kappa shape index (κ2) is 7.75. The van der Waals surface area contributed by atoms with Crippen LogP contribution in [0.1, 0.15) is 60.3 Å². The molecule has 7 heteroatoms. The number of sulfonamides is 1. The van der Waals surface area contributed by atoms with Crippen LogP contribution in [0.2, 0.25) is 0 Å². The molecule has 6 nitrogen and oxygen atoms in total. The summed E-state index contributed by atoms with van der Waals surface area (Å²) in [6.45, 7) is 9.63. The van der Waals surface area contributed by atoms with Crippen LogP contribution in [0.15, 0.2) is 0 Å². The third kappa shape index (κ3) is 6.62. The Hall–Kier alpha value is -0.660. The van der Waals surface area contributed by atoms with Gasteiger partial charge in [0.25, 0.3) is 0 Å². The SMILES string of the molecule is CC(C)S(=O)(=O)NC1CCC(CN(C=O)OC(C)(C)C)CC1. The Morgan fingerprint density at radius 1 is 1.23 bits per heavy atom. The van der Waals surface area contributed by atoms with Crippen molar-refractivity contribution in [1.82, 2.24) is 9.79 Å². The first kappa shape index (κ1) is 19.4. The third-order valence-corrected chi connectivity index (χ3v) is 5.65. The zero-order valence-electron chi connectivity index (χ0n) is 14.3. The molecule has 1 aliphatic rings. The summed E-state index contributed by atoms with van der Waals surface area (Å²) in [7, 11) is -3.21. The first-order chi connectivity index (χ1) is 10.0. The molecule has 0 unspecified atom stereocenters. The van der Waals surface area contributed by atoms with E-state index in [9.17, 15) is 13.2 Å². The molecule has 130 valence electrons. The number of carbonyl (C=O) groups is 1. The van der Waals surface area contributed by atoms with Crippen LogP contribution in [0, 0.1) is 5.92 Å². The van der Waals surface area contributed by atoms with Crippen molar-refractivity contribution < 1.29 is 18.0 Å². The van der Waals surface area contributed by atoms with E-state index in [0.717, 1.165) is 32.1 Å². The second-order valence-corrected chi connectivity index (χ2v) is 9.61. The third-order valence-electron chi connectivity index (χ3n) is 3.75. The van der Waals surface area contributed by atoms with Crippen LogP contribution in [-0.2, 0) is 19.7 Å². The number of hydroxylamine groups is 2. The van der Waals surface area contributed by atoms with E-state index in [1.54, 1.807) is 13.8 Å². The number of hydrogen-bond acceptors (Lipinski definition) is 4. The molecule has 1 aliphatic carbocycles. The van der Waals surface area contributed by atoms with Crippen molar-refractivity contribution in [1.29, 1.82) is 0 Å². The Balaban J connectivity index is 2.44. The van der Waals surface area contributed by atoms with E-state index < -0.39 is 20.9 Å². The van der Waals surface area contributed by atoms with Crippen LogP contribution < -0.4 is 4.72 Å². The molecule has 0 aliphatic heterocycles. The van der Waals surface area contributed by atoms with Gasteiger partial charge in [-0.1, -0.05) is 0 Å². The van der Waals surface area contributed by atoms with Crippen LogP contribution >= 0.6 is 0 Å². The van der Waals surface area contributed by atoms with E-state index in [-0.39, 0.29) is 6.04 Å². The van der Waals surface area contributed by atoms with Gasteiger partial charge in [-0.25, -0.2) is 18.2 Å². The van der Waals surface area contributed by atoms with Crippen molar-refractivity contribution in [2.24, 2.45) is 5.92 Å². The van der Waals surface area contributed by atoms with E-state index >= 15 is 0 Å². The predicted molar refractivity (Wildman–Crippen MR) is 86.5 cm³/mol. The van der Waals surface area contributed by atoms with Crippen molar-refractivity contribution in [3.63, 3.8) is 0 Å². The van der Waals surface area contributed by atoms with Crippen molar-refractivity contribution in [3.05, 3.63) is 0 Å². The molecule has 0 radical (unpaired) electrons. The van der Waals surface area contributed by atoms with Crippen molar-refractivity contribution in [2.75, 3.05) is 6.54 Å². The molecule has 1 saturated carbocycles. The van der Waals surface area contributed by atoms with Gasteiger partial charge in [0.05, 0.1) is 17.4 Å². The lowest BCUT2D eigenvalue weighted by molar-refractivity contribution is -0.220. The van der Waals surface area contributed by atoms with Crippen molar-refractivity contribution in [3.8, 4) is 0 Å². The molecular formula is C15H30N2O4S.